The Morgan fingerprint density at radius 3 is 2.67 bits per heavy atom. The maximum absolute atomic E-state index is 13.4. The Morgan fingerprint density at radius 1 is 1.24 bits per heavy atom. The topological polar surface area (TPSA) is 66.4 Å². The molecule has 0 unspecified atom stereocenters. The van der Waals surface area contributed by atoms with Gasteiger partial charge in [-0.05, 0) is 37.3 Å². The molecule has 0 heterocycles. The number of carboxylic acid groups (broad SMARTS) is 1. The fourth-order valence-corrected chi connectivity index (χ4v) is 2.82. The molecule has 2 N–H and O–H groups in total. The van der Waals surface area contributed by atoms with Crippen LogP contribution >= 0.6 is 0 Å². The normalized spacial score (nSPS) is 21.8. The molecule has 0 aromatic heterocycles. The van der Waals surface area contributed by atoms with Crippen molar-refractivity contribution >= 4 is 11.9 Å². The van der Waals surface area contributed by atoms with Crippen molar-refractivity contribution in [1.29, 1.82) is 0 Å². The van der Waals surface area contributed by atoms with Gasteiger partial charge in [-0.3, -0.25) is 9.59 Å². The summed E-state index contributed by atoms with van der Waals surface area (Å²) in [5, 5.41) is 11.8. The van der Waals surface area contributed by atoms with E-state index in [0.717, 1.165) is 12.8 Å². The Hall–Kier alpha value is -1.91. The zero-order valence-corrected chi connectivity index (χ0v) is 11.8. The molecule has 0 radical (unpaired) electrons. The number of benzene rings is 1. The first kappa shape index (κ1) is 15.5. The molecule has 1 aliphatic rings. The van der Waals surface area contributed by atoms with Crippen molar-refractivity contribution in [3.05, 3.63) is 35.6 Å². The van der Waals surface area contributed by atoms with Crippen LogP contribution in [0.4, 0.5) is 4.39 Å². The Bertz CT molecular complexity index is 518. The second-order valence-electron chi connectivity index (χ2n) is 5.53. The maximum Gasteiger partial charge on any atom is 0.306 e. The minimum absolute atomic E-state index is 0.114. The lowest BCUT2D eigenvalue weighted by Crippen LogP contribution is -2.36. The predicted octanol–water partition coefficient (Wildman–Crippen LogP) is 2.38. The zero-order chi connectivity index (χ0) is 15.2. The van der Waals surface area contributed by atoms with Gasteiger partial charge in [0.25, 0.3) is 0 Å². The number of halogens is 1. The number of hydrogen-bond acceptors (Lipinski definition) is 2. The van der Waals surface area contributed by atoms with E-state index in [0.29, 0.717) is 31.4 Å². The lowest BCUT2D eigenvalue weighted by molar-refractivity contribution is -0.144. The molecule has 21 heavy (non-hydrogen) atoms. The number of nitrogens with one attached hydrogen (secondary N) is 1. The Morgan fingerprint density at radius 2 is 1.95 bits per heavy atom. The van der Waals surface area contributed by atoms with E-state index in [1.165, 1.54) is 6.07 Å². The van der Waals surface area contributed by atoms with E-state index in [-0.39, 0.29) is 17.6 Å². The van der Waals surface area contributed by atoms with E-state index >= 15 is 0 Å². The Kier molecular flexibility index (Phi) is 5.31. The molecule has 1 aromatic carbocycles. The summed E-state index contributed by atoms with van der Waals surface area (Å²) in [7, 11) is 0. The number of aliphatic carboxylic acids is 1. The van der Waals surface area contributed by atoms with Crippen LogP contribution in [0.5, 0.6) is 0 Å². The molecular formula is C16H20FNO3. The molecule has 0 spiro atoms. The molecule has 1 aromatic rings. The van der Waals surface area contributed by atoms with E-state index in [1.54, 1.807) is 18.2 Å². The first-order valence-electron chi connectivity index (χ1n) is 7.32. The van der Waals surface area contributed by atoms with Gasteiger partial charge in [0.1, 0.15) is 5.82 Å². The maximum atomic E-state index is 13.4. The molecule has 1 aliphatic carbocycles. The summed E-state index contributed by atoms with van der Waals surface area (Å²) in [4.78, 5) is 23.0. The van der Waals surface area contributed by atoms with Crippen molar-refractivity contribution in [2.24, 2.45) is 11.8 Å². The average molecular weight is 293 g/mol. The third-order valence-corrected chi connectivity index (χ3v) is 4.05. The number of carbonyl (C=O) groups is 2. The van der Waals surface area contributed by atoms with Gasteiger partial charge in [-0.2, -0.15) is 0 Å². The highest BCUT2D eigenvalue weighted by Crippen LogP contribution is 2.29. The van der Waals surface area contributed by atoms with Crippen LogP contribution in [-0.2, 0) is 16.0 Å². The smallest absolute Gasteiger partial charge is 0.306 e. The summed E-state index contributed by atoms with van der Waals surface area (Å²) in [5.74, 6) is -1.85. The van der Waals surface area contributed by atoms with Crippen molar-refractivity contribution in [3.63, 3.8) is 0 Å². The van der Waals surface area contributed by atoms with E-state index in [4.69, 9.17) is 5.11 Å². The van der Waals surface area contributed by atoms with Gasteiger partial charge in [0, 0.05) is 12.5 Å². The molecule has 5 heteroatoms. The number of rotatable bonds is 5. The molecule has 1 amide bonds. The molecular weight excluding hydrogens is 273 g/mol. The third-order valence-electron chi connectivity index (χ3n) is 4.05. The van der Waals surface area contributed by atoms with E-state index in [9.17, 15) is 14.0 Å². The summed E-state index contributed by atoms with van der Waals surface area (Å²) in [5.41, 5.74) is 0.574. The summed E-state index contributed by atoms with van der Waals surface area (Å²) in [6.45, 7) is 0.369. The van der Waals surface area contributed by atoms with Gasteiger partial charge >= 0.3 is 5.97 Å². The van der Waals surface area contributed by atoms with Gasteiger partial charge in [-0.1, -0.05) is 24.6 Å². The summed E-state index contributed by atoms with van der Waals surface area (Å²) in [6.07, 6.45) is 2.99. The second-order valence-corrected chi connectivity index (χ2v) is 5.53. The van der Waals surface area contributed by atoms with Gasteiger partial charge in [0.15, 0.2) is 0 Å². The first-order chi connectivity index (χ1) is 10.1. The predicted molar refractivity (Wildman–Crippen MR) is 76.2 cm³/mol. The average Bonchev–Trinajstić information content (AvgIpc) is 2.49. The standard InChI is InChI=1S/C16H20FNO3/c17-14-7-2-1-4-11(14)8-9-18-15(19)12-5-3-6-13(10-12)16(20)21/h1-2,4,7,12-13H,3,5-6,8-10H2,(H,18,19)(H,20,21)/t12-,13+/m1/s1. The Labute approximate surface area is 123 Å². The highest BCUT2D eigenvalue weighted by molar-refractivity contribution is 5.80. The lowest BCUT2D eigenvalue weighted by atomic mass is 9.81. The monoisotopic (exact) mass is 293 g/mol. The molecule has 2 atom stereocenters. The van der Waals surface area contributed by atoms with E-state index < -0.39 is 11.9 Å². The minimum atomic E-state index is -0.821. The number of carbonyl (C=O) groups excluding carboxylic acids is 1. The molecule has 4 nitrogen and oxygen atoms in total. The quantitative estimate of drug-likeness (QED) is 0.876. The van der Waals surface area contributed by atoms with E-state index in [2.05, 4.69) is 5.32 Å². The third kappa shape index (κ3) is 4.28. The van der Waals surface area contributed by atoms with Crippen molar-refractivity contribution in [1.82, 2.24) is 5.32 Å². The van der Waals surface area contributed by atoms with Crippen LogP contribution < -0.4 is 5.32 Å². The van der Waals surface area contributed by atoms with Crippen LogP contribution in [-0.4, -0.2) is 23.5 Å². The number of carboxylic acids is 1. The molecule has 114 valence electrons. The van der Waals surface area contributed by atoms with Crippen molar-refractivity contribution in [3.8, 4) is 0 Å². The number of hydrogen-bond donors (Lipinski definition) is 2. The molecule has 0 aliphatic heterocycles. The van der Waals surface area contributed by atoms with Gasteiger partial charge in [0.2, 0.25) is 5.91 Å². The largest absolute Gasteiger partial charge is 0.481 e. The van der Waals surface area contributed by atoms with E-state index in [1.807, 2.05) is 0 Å². The number of amides is 1. The minimum Gasteiger partial charge on any atom is -0.481 e. The van der Waals surface area contributed by atoms with Gasteiger partial charge < -0.3 is 10.4 Å². The first-order valence-corrected chi connectivity index (χ1v) is 7.32. The molecule has 0 saturated heterocycles. The fraction of sp³-hybridized carbons (Fsp3) is 0.500. The molecule has 1 fully saturated rings. The van der Waals surface area contributed by atoms with Crippen LogP contribution in [0, 0.1) is 17.7 Å². The van der Waals surface area contributed by atoms with Crippen LogP contribution in [0.3, 0.4) is 0 Å². The Balaban J connectivity index is 1.79. The van der Waals surface area contributed by atoms with Crippen molar-refractivity contribution in [2.75, 3.05) is 6.54 Å². The molecule has 2 rings (SSSR count). The van der Waals surface area contributed by atoms with Crippen LogP contribution in [0.15, 0.2) is 24.3 Å². The summed E-state index contributed by atoms with van der Waals surface area (Å²) >= 11 is 0. The summed E-state index contributed by atoms with van der Waals surface area (Å²) < 4.78 is 13.4. The SMILES string of the molecule is O=C(O)[C@H]1CCC[C@@H](C(=O)NCCc2ccccc2F)C1. The van der Waals surface area contributed by atoms with Crippen molar-refractivity contribution < 1.29 is 19.1 Å². The van der Waals surface area contributed by atoms with Gasteiger partial charge in [-0.25, -0.2) is 4.39 Å². The second kappa shape index (κ2) is 7.20. The van der Waals surface area contributed by atoms with Crippen LogP contribution in [0.25, 0.3) is 0 Å². The summed E-state index contributed by atoms with van der Waals surface area (Å²) in [6, 6.07) is 6.49. The highest BCUT2D eigenvalue weighted by Gasteiger charge is 2.30. The van der Waals surface area contributed by atoms with Crippen molar-refractivity contribution in [2.45, 2.75) is 32.1 Å². The molecule has 1 saturated carbocycles. The lowest BCUT2D eigenvalue weighted by Gasteiger charge is -2.25. The fourth-order valence-electron chi connectivity index (χ4n) is 2.82. The van der Waals surface area contributed by atoms with Crippen LogP contribution in [0.2, 0.25) is 0 Å². The van der Waals surface area contributed by atoms with Gasteiger partial charge in [0.05, 0.1) is 5.92 Å². The zero-order valence-electron chi connectivity index (χ0n) is 11.8. The molecule has 0 bridgehead atoms. The van der Waals surface area contributed by atoms with Gasteiger partial charge in [-0.15, -0.1) is 0 Å². The highest BCUT2D eigenvalue weighted by atomic mass is 19.1. The van der Waals surface area contributed by atoms with Crippen LogP contribution in [0.1, 0.15) is 31.2 Å².